The number of Topliss-reactive ketones (excluding diaryl/α,β-unsaturated/α-hetero) is 1. The van der Waals surface area contributed by atoms with Crippen molar-refractivity contribution in [2.24, 2.45) is 0 Å². The molecule has 0 bridgehead atoms. The van der Waals surface area contributed by atoms with Gasteiger partial charge in [0.1, 0.15) is 15.4 Å². The molecule has 0 aliphatic heterocycles. The van der Waals surface area contributed by atoms with E-state index < -0.39 is 27.8 Å². The Balaban J connectivity index is 0. The molecule has 0 aromatic carbocycles. The first kappa shape index (κ1) is 19.9. The number of hydrogen-bond donors (Lipinski definition) is 1. The number of rotatable bonds is 9. The van der Waals surface area contributed by atoms with Crippen LogP contribution < -0.4 is 29.6 Å². The summed E-state index contributed by atoms with van der Waals surface area (Å²) in [4.78, 5) is 11.3. The first-order valence-corrected chi connectivity index (χ1v) is 6.99. The molecule has 0 spiro atoms. The Morgan fingerprint density at radius 2 is 1.76 bits per heavy atom. The molecule has 0 heterocycles. The summed E-state index contributed by atoms with van der Waals surface area (Å²) in [6.07, 6.45) is 4.63. The molecule has 0 aromatic heterocycles. The van der Waals surface area contributed by atoms with E-state index in [4.69, 9.17) is 5.11 Å². The van der Waals surface area contributed by atoms with Gasteiger partial charge in [0.25, 0.3) is 0 Å². The molecule has 0 saturated heterocycles. The number of ketones is 1. The quantitative estimate of drug-likeness (QED) is 0.293. The van der Waals surface area contributed by atoms with Crippen LogP contribution in [0.15, 0.2) is 0 Å². The van der Waals surface area contributed by atoms with Crippen molar-refractivity contribution in [2.75, 3.05) is 6.61 Å². The minimum atomic E-state index is -4.71. The summed E-state index contributed by atoms with van der Waals surface area (Å²) in [6, 6.07) is 0. The first-order valence-electron chi connectivity index (χ1n) is 5.51. The molecule has 0 aliphatic carbocycles. The third-order valence-electron chi connectivity index (χ3n) is 2.40. The van der Waals surface area contributed by atoms with Gasteiger partial charge in [-0.1, -0.05) is 32.6 Å². The maximum atomic E-state index is 11.3. The average Bonchev–Trinajstić information content (AvgIpc) is 2.16. The smallest absolute Gasteiger partial charge is 0.747 e. The summed E-state index contributed by atoms with van der Waals surface area (Å²) in [5, 5.41) is 6.89. The van der Waals surface area contributed by atoms with Crippen LogP contribution in [-0.2, 0) is 14.9 Å². The molecule has 7 heteroatoms. The molecule has 0 aromatic rings. The van der Waals surface area contributed by atoms with Gasteiger partial charge in [0, 0.05) is 6.42 Å². The normalized spacial score (nSPS) is 12.9. The van der Waals surface area contributed by atoms with Crippen molar-refractivity contribution in [3.05, 3.63) is 0 Å². The Hall–Kier alpha value is 0.540. The standard InChI is InChI=1S/C10H20O5S.Na/c1-2-3-4-5-6-7-9(12)10(8-11)16(13,14)15;/h10-11H,2-8H2,1H3,(H,13,14,15);/q;+1/p-1. The molecule has 0 radical (unpaired) electrons. The summed E-state index contributed by atoms with van der Waals surface area (Å²) in [7, 11) is -4.71. The average molecular weight is 274 g/mol. The van der Waals surface area contributed by atoms with Gasteiger partial charge in [0.2, 0.25) is 0 Å². The van der Waals surface area contributed by atoms with Crippen LogP contribution in [0.4, 0.5) is 0 Å². The zero-order chi connectivity index (χ0) is 12.6. The van der Waals surface area contributed by atoms with Crippen LogP contribution in [0.25, 0.3) is 0 Å². The van der Waals surface area contributed by atoms with Crippen LogP contribution in [0, 0.1) is 0 Å². The number of aliphatic hydroxyl groups excluding tert-OH is 1. The van der Waals surface area contributed by atoms with Gasteiger partial charge in [-0.2, -0.15) is 0 Å². The van der Waals surface area contributed by atoms with Gasteiger partial charge >= 0.3 is 29.6 Å². The van der Waals surface area contributed by atoms with Gasteiger partial charge in [-0.05, 0) is 6.42 Å². The number of unbranched alkanes of at least 4 members (excludes halogenated alkanes) is 4. The maximum Gasteiger partial charge on any atom is 1.00 e. The second kappa shape index (κ2) is 10.5. The summed E-state index contributed by atoms with van der Waals surface area (Å²) >= 11 is 0. The number of carbonyl (C=O) groups excluding carboxylic acids is 1. The molecular formula is C10H19NaO5S. The zero-order valence-electron chi connectivity index (χ0n) is 10.5. The molecule has 5 nitrogen and oxygen atoms in total. The topological polar surface area (TPSA) is 94.5 Å². The maximum absolute atomic E-state index is 11.3. The summed E-state index contributed by atoms with van der Waals surface area (Å²) in [5.74, 6) is -0.672. The molecule has 0 rings (SSSR count). The number of carbonyl (C=O) groups is 1. The van der Waals surface area contributed by atoms with E-state index in [1.165, 1.54) is 0 Å². The van der Waals surface area contributed by atoms with Crippen molar-refractivity contribution in [2.45, 2.75) is 50.7 Å². The van der Waals surface area contributed by atoms with Gasteiger partial charge in [0.15, 0.2) is 5.78 Å². The molecule has 0 aliphatic rings. The van der Waals surface area contributed by atoms with Gasteiger partial charge < -0.3 is 9.66 Å². The van der Waals surface area contributed by atoms with Gasteiger partial charge in [-0.15, -0.1) is 0 Å². The minimum absolute atomic E-state index is 0. The Labute approximate surface area is 125 Å². The van der Waals surface area contributed by atoms with E-state index in [2.05, 4.69) is 6.92 Å². The van der Waals surface area contributed by atoms with E-state index in [-0.39, 0.29) is 36.0 Å². The number of hydrogen-bond acceptors (Lipinski definition) is 5. The number of aliphatic hydroxyl groups is 1. The van der Waals surface area contributed by atoms with E-state index in [0.717, 1.165) is 25.7 Å². The van der Waals surface area contributed by atoms with E-state index in [0.29, 0.717) is 6.42 Å². The van der Waals surface area contributed by atoms with Crippen molar-refractivity contribution in [3.63, 3.8) is 0 Å². The molecule has 1 atom stereocenters. The Morgan fingerprint density at radius 1 is 1.24 bits per heavy atom. The Kier molecular flexibility index (Phi) is 12.2. The monoisotopic (exact) mass is 274 g/mol. The predicted octanol–water partition coefficient (Wildman–Crippen LogP) is -2.17. The zero-order valence-corrected chi connectivity index (χ0v) is 13.3. The van der Waals surface area contributed by atoms with Crippen molar-refractivity contribution in [3.8, 4) is 0 Å². The fraction of sp³-hybridized carbons (Fsp3) is 0.900. The van der Waals surface area contributed by atoms with Crippen LogP contribution in [-0.4, -0.2) is 35.7 Å². The molecule has 96 valence electrons. The molecule has 17 heavy (non-hydrogen) atoms. The van der Waals surface area contributed by atoms with Crippen molar-refractivity contribution >= 4 is 15.9 Å². The molecule has 0 amide bonds. The SMILES string of the molecule is CCCCCCCC(=O)C(CO)S(=O)(=O)[O-].[Na+]. The van der Waals surface area contributed by atoms with E-state index >= 15 is 0 Å². The van der Waals surface area contributed by atoms with E-state index in [1.54, 1.807) is 0 Å². The van der Waals surface area contributed by atoms with Crippen molar-refractivity contribution in [1.82, 2.24) is 0 Å². The molecular weight excluding hydrogens is 255 g/mol. The molecule has 1 unspecified atom stereocenters. The molecule has 0 saturated carbocycles. The van der Waals surface area contributed by atoms with E-state index in [1.807, 2.05) is 0 Å². The first-order chi connectivity index (χ1) is 7.43. The fourth-order valence-electron chi connectivity index (χ4n) is 1.42. The third kappa shape index (κ3) is 9.16. The van der Waals surface area contributed by atoms with Crippen LogP contribution in [0.3, 0.4) is 0 Å². The summed E-state index contributed by atoms with van der Waals surface area (Å²) in [6.45, 7) is 1.15. The minimum Gasteiger partial charge on any atom is -0.747 e. The van der Waals surface area contributed by atoms with Gasteiger partial charge in [-0.3, -0.25) is 4.79 Å². The van der Waals surface area contributed by atoms with Gasteiger partial charge in [-0.25, -0.2) is 8.42 Å². The van der Waals surface area contributed by atoms with Crippen LogP contribution >= 0.6 is 0 Å². The predicted molar refractivity (Wildman–Crippen MR) is 59.0 cm³/mol. The molecule has 1 N–H and O–H groups in total. The summed E-state index contributed by atoms with van der Waals surface area (Å²) < 4.78 is 31.8. The second-order valence-corrected chi connectivity index (χ2v) is 5.35. The largest absolute Gasteiger partial charge is 1.00 e. The molecule has 0 fully saturated rings. The van der Waals surface area contributed by atoms with Crippen LogP contribution in [0.5, 0.6) is 0 Å². The Morgan fingerprint density at radius 3 is 2.18 bits per heavy atom. The van der Waals surface area contributed by atoms with Crippen LogP contribution in [0.2, 0.25) is 0 Å². The Bertz CT molecular complexity index is 302. The fourth-order valence-corrected chi connectivity index (χ4v) is 2.04. The van der Waals surface area contributed by atoms with Gasteiger partial charge in [0.05, 0.1) is 6.61 Å². The van der Waals surface area contributed by atoms with Crippen molar-refractivity contribution in [1.29, 1.82) is 0 Å². The van der Waals surface area contributed by atoms with Crippen LogP contribution in [0.1, 0.15) is 45.4 Å². The summed E-state index contributed by atoms with van der Waals surface area (Å²) in [5.41, 5.74) is 0. The van der Waals surface area contributed by atoms with E-state index in [9.17, 15) is 17.8 Å². The third-order valence-corrected chi connectivity index (χ3v) is 3.51. The second-order valence-electron chi connectivity index (χ2n) is 3.79. The van der Waals surface area contributed by atoms with Crippen molar-refractivity contribution < 1.29 is 52.4 Å².